The molecular weight excluding hydrogens is 266 g/mol. The Morgan fingerprint density at radius 2 is 1.95 bits per heavy atom. The highest BCUT2D eigenvalue weighted by Crippen LogP contribution is 2.43. The van der Waals surface area contributed by atoms with Crippen molar-refractivity contribution in [3.05, 3.63) is 0 Å². The first-order valence-corrected chi connectivity index (χ1v) is 8.26. The molecule has 0 aromatic carbocycles. The lowest BCUT2D eigenvalue weighted by Crippen LogP contribution is -2.43. The first kappa shape index (κ1) is 16.1. The Morgan fingerprint density at radius 1 is 1.29 bits per heavy atom. The van der Waals surface area contributed by atoms with E-state index in [1.165, 1.54) is 32.1 Å². The molecule has 21 heavy (non-hydrogen) atoms. The molecule has 0 aromatic heterocycles. The Morgan fingerprint density at radius 3 is 2.62 bits per heavy atom. The van der Waals surface area contributed by atoms with Crippen molar-refractivity contribution in [2.24, 2.45) is 28.6 Å². The molecule has 0 heterocycles. The molecule has 4 atom stereocenters. The van der Waals surface area contributed by atoms with E-state index >= 15 is 0 Å². The number of fused-ring (bicyclic) bond motifs is 1. The van der Waals surface area contributed by atoms with Crippen LogP contribution in [0, 0.1) is 17.8 Å². The van der Waals surface area contributed by atoms with Gasteiger partial charge in [-0.2, -0.15) is 0 Å². The summed E-state index contributed by atoms with van der Waals surface area (Å²) in [6.45, 7) is 1.95. The van der Waals surface area contributed by atoms with Crippen LogP contribution in [0.1, 0.15) is 58.3 Å². The number of nitrogens with zero attached hydrogens (tertiary/aromatic N) is 2. The minimum absolute atomic E-state index is 0.0301. The predicted molar refractivity (Wildman–Crippen MR) is 83.0 cm³/mol. The lowest BCUT2D eigenvalue weighted by atomic mass is 9.67. The molecular formula is C16H29N3O2. The van der Waals surface area contributed by atoms with Crippen LogP contribution in [0.2, 0.25) is 0 Å². The molecule has 2 aliphatic carbocycles. The predicted octanol–water partition coefficient (Wildman–Crippen LogP) is 2.58. The second-order valence-electron chi connectivity index (χ2n) is 6.91. The van der Waals surface area contributed by atoms with E-state index in [1.54, 1.807) is 4.90 Å². The molecule has 2 rings (SSSR count). The van der Waals surface area contributed by atoms with Crippen LogP contribution >= 0.6 is 0 Å². The van der Waals surface area contributed by atoms with Crippen LogP contribution in [0.3, 0.4) is 0 Å². The van der Waals surface area contributed by atoms with E-state index in [0.29, 0.717) is 6.42 Å². The quantitative estimate of drug-likeness (QED) is 0.362. The Balaban J connectivity index is 1.90. The minimum Gasteiger partial charge on any atom is -0.409 e. The van der Waals surface area contributed by atoms with E-state index in [2.05, 4.69) is 5.16 Å². The maximum atomic E-state index is 12.7. The summed E-state index contributed by atoms with van der Waals surface area (Å²) in [4.78, 5) is 14.5. The van der Waals surface area contributed by atoms with Gasteiger partial charge in [-0.1, -0.05) is 30.8 Å². The van der Waals surface area contributed by atoms with Gasteiger partial charge in [0.1, 0.15) is 5.84 Å². The number of hydrogen-bond acceptors (Lipinski definition) is 3. The zero-order valence-corrected chi connectivity index (χ0v) is 13.3. The maximum absolute atomic E-state index is 12.7. The lowest BCUT2D eigenvalue weighted by Gasteiger charge is -2.40. The molecule has 4 unspecified atom stereocenters. The van der Waals surface area contributed by atoms with Crippen molar-refractivity contribution >= 4 is 11.7 Å². The molecule has 2 fully saturated rings. The number of amides is 1. The maximum Gasteiger partial charge on any atom is 0.225 e. The summed E-state index contributed by atoms with van der Waals surface area (Å²) in [5.41, 5.74) is 5.54. The van der Waals surface area contributed by atoms with E-state index in [4.69, 9.17) is 10.9 Å². The van der Waals surface area contributed by atoms with Crippen molar-refractivity contribution in [1.29, 1.82) is 0 Å². The highest BCUT2D eigenvalue weighted by Gasteiger charge is 2.36. The number of carbonyl (C=O) groups is 1. The van der Waals surface area contributed by atoms with Gasteiger partial charge < -0.3 is 15.8 Å². The summed E-state index contributed by atoms with van der Waals surface area (Å²) in [6.07, 6.45) is 9.08. The fourth-order valence-corrected chi connectivity index (χ4v) is 4.08. The Bertz CT molecular complexity index is 397. The number of nitrogens with two attached hydrogens (primary N) is 1. The van der Waals surface area contributed by atoms with Crippen molar-refractivity contribution in [2.45, 2.75) is 64.3 Å². The minimum atomic E-state index is -0.0301. The number of amidine groups is 1. The van der Waals surface area contributed by atoms with Crippen molar-refractivity contribution in [3.8, 4) is 0 Å². The van der Waals surface area contributed by atoms with Crippen LogP contribution in [0.5, 0.6) is 0 Å². The lowest BCUT2D eigenvalue weighted by molar-refractivity contribution is -0.138. The summed E-state index contributed by atoms with van der Waals surface area (Å²) in [5.74, 6) is 2.21. The van der Waals surface area contributed by atoms with Gasteiger partial charge in [0, 0.05) is 25.4 Å². The smallest absolute Gasteiger partial charge is 0.225 e. The van der Waals surface area contributed by atoms with Gasteiger partial charge in [-0.05, 0) is 38.0 Å². The molecule has 2 aliphatic rings. The van der Waals surface area contributed by atoms with Gasteiger partial charge in [0.05, 0.1) is 0 Å². The molecule has 0 saturated heterocycles. The summed E-state index contributed by atoms with van der Waals surface area (Å²) >= 11 is 0. The highest BCUT2D eigenvalue weighted by molar-refractivity contribution is 5.82. The molecule has 0 aromatic rings. The molecule has 0 aliphatic heterocycles. The Hall–Kier alpha value is -1.26. The molecule has 0 radical (unpaired) electrons. The molecule has 120 valence electrons. The Labute approximate surface area is 127 Å². The summed E-state index contributed by atoms with van der Waals surface area (Å²) in [7, 11) is 1.84. The van der Waals surface area contributed by atoms with Crippen LogP contribution in [0.15, 0.2) is 5.16 Å². The Kier molecular flexibility index (Phi) is 5.48. The molecule has 0 spiro atoms. The van der Waals surface area contributed by atoms with E-state index in [-0.39, 0.29) is 23.7 Å². The van der Waals surface area contributed by atoms with E-state index in [0.717, 1.165) is 24.7 Å². The molecule has 3 N–H and O–H groups in total. The van der Waals surface area contributed by atoms with E-state index in [1.807, 2.05) is 14.0 Å². The second kappa shape index (κ2) is 7.14. The van der Waals surface area contributed by atoms with Crippen molar-refractivity contribution in [3.63, 3.8) is 0 Å². The number of rotatable bonds is 4. The first-order chi connectivity index (χ1) is 10.0. The van der Waals surface area contributed by atoms with E-state index in [9.17, 15) is 4.79 Å². The molecule has 5 nitrogen and oxygen atoms in total. The fourth-order valence-electron chi connectivity index (χ4n) is 4.08. The average molecular weight is 295 g/mol. The number of carbonyl (C=O) groups excluding carboxylic acids is 1. The SMILES string of the molecule is CC(CC(N)=NO)N(C)C(=O)C1CCC2CCCCC2C1. The number of hydrogen-bond donors (Lipinski definition) is 2. The van der Waals surface area contributed by atoms with Gasteiger partial charge in [0.15, 0.2) is 0 Å². The molecule has 0 bridgehead atoms. The molecule has 1 amide bonds. The van der Waals surface area contributed by atoms with Crippen LogP contribution in [0.4, 0.5) is 0 Å². The average Bonchev–Trinajstić information content (AvgIpc) is 2.52. The zero-order valence-electron chi connectivity index (χ0n) is 13.3. The standard InChI is InChI=1S/C16H29N3O2/c1-11(9-15(17)18-21)19(2)16(20)14-8-7-12-5-3-4-6-13(12)10-14/h11-14,21H,3-10H2,1-2H3,(H2,17,18). The number of oxime groups is 1. The first-order valence-electron chi connectivity index (χ1n) is 8.26. The molecule has 2 saturated carbocycles. The van der Waals surface area contributed by atoms with Crippen LogP contribution in [-0.4, -0.2) is 34.9 Å². The van der Waals surface area contributed by atoms with Crippen molar-refractivity contribution < 1.29 is 10.0 Å². The summed E-state index contributed by atoms with van der Waals surface area (Å²) in [6, 6.07) is -0.0301. The van der Waals surface area contributed by atoms with Crippen molar-refractivity contribution in [2.75, 3.05) is 7.05 Å². The summed E-state index contributed by atoms with van der Waals surface area (Å²) in [5, 5.41) is 11.6. The van der Waals surface area contributed by atoms with Gasteiger partial charge in [-0.3, -0.25) is 4.79 Å². The van der Waals surface area contributed by atoms with Crippen LogP contribution in [-0.2, 0) is 4.79 Å². The summed E-state index contributed by atoms with van der Waals surface area (Å²) < 4.78 is 0. The van der Waals surface area contributed by atoms with Crippen LogP contribution in [0.25, 0.3) is 0 Å². The van der Waals surface area contributed by atoms with Gasteiger partial charge in [-0.25, -0.2) is 0 Å². The third-order valence-electron chi connectivity index (χ3n) is 5.53. The third-order valence-corrected chi connectivity index (χ3v) is 5.53. The topological polar surface area (TPSA) is 78.9 Å². The fraction of sp³-hybridized carbons (Fsp3) is 0.875. The van der Waals surface area contributed by atoms with Gasteiger partial charge in [0.25, 0.3) is 0 Å². The largest absolute Gasteiger partial charge is 0.409 e. The van der Waals surface area contributed by atoms with Crippen molar-refractivity contribution in [1.82, 2.24) is 4.90 Å². The van der Waals surface area contributed by atoms with Gasteiger partial charge >= 0.3 is 0 Å². The van der Waals surface area contributed by atoms with Crippen LogP contribution < -0.4 is 5.73 Å². The van der Waals surface area contributed by atoms with Gasteiger partial charge in [0.2, 0.25) is 5.91 Å². The molecule has 5 heteroatoms. The second-order valence-corrected chi connectivity index (χ2v) is 6.91. The van der Waals surface area contributed by atoms with Gasteiger partial charge in [-0.15, -0.1) is 0 Å². The van der Waals surface area contributed by atoms with E-state index < -0.39 is 0 Å². The monoisotopic (exact) mass is 295 g/mol. The normalized spacial score (nSPS) is 31.3. The highest BCUT2D eigenvalue weighted by atomic mass is 16.4. The third kappa shape index (κ3) is 3.89. The zero-order chi connectivity index (χ0) is 15.4.